The maximum atomic E-state index is 11.5. The van der Waals surface area contributed by atoms with Gasteiger partial charge in [0.25, 0.3) is 0 Å². The minimum atomic E-state index is -0.00148. The molecule has 1 fully saturated rings. The van der Waals surface area contributed by atoms with Gasteiger partial charge in [-0.25, -0.2) is 0 Å². The zero-order valence-corrected chi connectivity index (χ0v) is 8.88. The van der Waals surface area contributed by atoms with Gasteiger partial charge in [-0.15, -0.1) is 0 Å². The van der Waals surface area contributed by atoms with Crippen molar-refractivity contribution < 1.29 is 9.53 Å². The van der Waals surface area contributed by atoms with E-state index < -0.39 is 0 Å². The predicted octanol–water partition coefficient (Wildman–Crippen LogP) is 2.62. The van der Waals surface area contributed by atoms with Gasteiger partial charge >= 0.3 is 5.97 Å². The van der Waals surface area contributed by atoms with E-state index in [1.165, 1.54) is 26.4 Å². The molecular weight excluding hydrogens is 164 g/mol. The molecule has 0 radical (unpaired) electrons. The van der Waals surface area contributed by atoms with Crippen molar-refractivity contribution in [3.63, 3.8) is 0 Å². The number of hydrogen-bond acceptors (Lipinski definition) is 2. The normalized spacial score (nSPS) is 28.9. The molecule has 1 aliphatic carbocycles. The monoisotopic (exact) mass is 184 g/mol. The highest BCUT2D eigenvalue weighted by Crippen LogP contribution is 2.35. The van der Waals surface area contributed by atoms with E-state index in [0.717, 1.165) is 6.42 Å². The van der Waals surface area contributed by atoms with Crippen molar-refractivity contribution in [1.29, 1.82) is 0 Å². The van der Waals surface area contributed by atoms with Crippen LogP contribution in [0.3, 0.4) is 0 Å². The second kappa shape index (κ2) is 4.64. The molecule has 0 saturated heterocycles. The lowest BCUT2D eigenvalue weighted by Crippen LogP contribution is -2.31. The zero-order chi connectivity index (χ0) is 9.84. The third-order valence-electron chi connectivity index (χ3n) is 3.18. The van der Waals surface area contributed by atoms with Gasteiger partial charge in [0, 0.05) is 0 Å². The number of esters is 1. The molecule has 0 aromatic carbocycles. The fourth-order valence-electron chi connectivity index (χ4n) is 2.40. The van der Waals surface area contributed by atoms with Gasteiger partial charge < -0.3 is 4.74 Å². The summed E-state index contributed by atoms with van der Waals surface area (Å²) in [5.41, 5.74) is 0. The highest BCUT2D eigenvalue weighted by molar-refractivity contribution is 5.72. The van der Waals surface area contributed by atoms with Gasteiger partial charge in [-0.05, 0) is 24.7 Å². The second-order valence-corrected chi connectivity index (χ2v) is 4.32. The fraction of sp³-hybridized carbons (Fsp3) is 0.909. The lowest BCUT2D eigenvalue weighted by molar-refractivity contribution is -0.149. The number of carbonyl (C=O) groups is 1. The Labute approximate surface area is 80.7 Å². The fourth-order valence-corrected chi connectivity index (χ4v) is 2.40. The molecule has 0 aromatic heterocycles. The highest BCUT2D eigenvalue weighted by Gasteiger charge is 2.33. The Balaban J connectivity index is 2.61. The SMILES string of the molecule is COC(=O)C1CCCC[C@@H]1C(C)C. The van der Waals surface area contributed by atoms with Crippen LogP contribution in [0.1, 0.15) is 39.5 Å². The minimum absolute atomic E-state index is 0.00148. The van der Waals surface area contributed by atoms with E-state index in [0.29, 0.717) is 11.8 Å². The molecule has 1 unspecified atom stereocenters. The Hall–Kier alpha value is -0.530. The lowest BCUT2D eigenvalue weighted by atomic mass is 9.73. The van der Waals surface area contributed by atoms with E-state index in [4.69, 9.17) is 4.74 Å². The van der Waals surface area contributed by atoms with Crippen molar-refractivity contribution in [3.8, 4) is 0 Å². The Morgan fingerprint density at radius 3 is 2.46 bits per heavy atom. The van der Waals surface area contributed by atoms with Crippen LogP contribution in [-0.4, -0.2) is 13.1 Å². The first-order valence-electron chi connectivity index (χ1n) is 5.24. The molecule has 0 N–H and O–H groups in total. The molecular formula is C11H20O2. The van der Waals surface area contributed by atoms with Crippen LogP contribution < -0.4 is 0 Å². The van der Waals surface area contributed by atoms with E-state index in [2.05, 4.69) is 13.8 Å². The molecule has 2 heteroatoms. The molecule has 2 atom stereocenters. The van der Waals surface area contributed by atoms with E-state index >= 15 is 0 Å². The van der Waals surface area contributed by atoms with Crippen LogP contribution in [0.2, 0.25) is 0 Å². The Bertz CT molecular complexity index is 175. The largest absolute Gasteiger partial charge is 0.469 e. The number of rotatable bonds is 2. The molecule has 0 spiro atoms. The van der Waals surface area contributed by atoms with Gasteiger partial charge in [0.15, 0.2) is 0 Å². The first-order chi connectivity index (χ1) is 6.16. The minimum Gasteiger partial charge on any atom is -0.469 e. The lowest BCUT2D eigenvalue weighted by Gasteiger charge is -2.32. The summed E-state index contributed by atoms with van der Waals surface area (Å²) in [5.74, 6) is 1.31. The number of carbonyl (C=O) groups excluding carboxylic acids is 1. The Morgan fingerprint density at radius 2 is 1.92 bits per heavy atom. The number of methoxy groups -OCH3 is 1. The summed E-state index contributed by atoms with van der Waals surface area (Å²) in [6, 6.07) is 0. The van der Waals surface area contributed by atoms with Crippen LogP contribution >= 0.6 is 0 Å². The van der Waals surface area contributed by atoms with Crippen molar-refractivity contribution >= 4 is 5.97 Å². The zero-order valence-electron chi connectivity index (χ0n) is 8.88. The van der Waals surface area contributed by atoms with Crippen LogP contribution in [0.25, 0.3) is 0 Å². The molecule has 1 saturated carbocycles. The van der Waals surface area contributed by atoms with E-state index in [9.17, 15) is 4.79 Å². The van der Waals surface area contributed by atoms with Crippen molar-refractivity contribution in [2.75, 3.05) is 7.11 Å². The topological polar surface area (TPSA) is 26.3 Å². The van der Waals surface area contributed by atoms with E-state index in [-0.39, 0.29) is 11.9 Å². The average molecular weight is 184 g/mol. The van der Waals surface area contributed by atoms with Crippen LogP contribution in [0.4, 0.5) is 0 Å². The predicted molar refractivity (Wildman–Crippen MR) is 52.3 cm³/mol. The molecule has 0 aromatic rings. The van der Waals surface area contributed by atoms with Gasteiger partial charge in [0.05, 0.1) is 13.0 Å². The molecule has 0 bridgehead atoms. The van der Waals surface area contributed by atoms with Gasteiger partial charge in [0.2, 0.25) is 0 Å². The van der Waals surface area contributed by atoms with Crippen LogP contribution in [-0.2, 0) is 9.53 Å². The van der Waals surface area contributed by atoms with Crippen LogP contribution in [0.15, 0.2) is 0 Å². The Morgan fingerprint density at radius 1 is 1.31 bits per heavy atom. The molecule has 13 heavy (non-hydrogen) atoms. The van der Waals surface area contributed by atoms with Crippen molar-refractivity contribution in [1.82, 2.24) is 0 Å². The summed E-state index contributed by atoms with van der Waals surface area (Å²) in [7, 11) is 1.49. The van der Waals surface area contributed by atoms with Gasteiger partial charge in [-0.1, -0.05) is 26.7 Å². The first-order valence-corrected chi connectivity index (χ1v) is 5.24. The molecule has 0 aliphatic heterocycles. The molecule has 0 heterocycles. The third kappa shape index (κ3) is 2.45. The van der Waals surface area contributed by atoms with Crippen LogP contribution in [0, 0.1) is 17.8 Å². The third-order valence-corrected chi connectivity index (χ3v) is 3.18. The van der Waals surface area contributed by atoms with E-state index in [1.54, 1.807) is 0 Å². The van der Waals surface area contributed by atoms with Crippen LogP contribution in [0.5, 0.6) is 0 Å². The summed E-state index contributed by atoms with van der Waals surface area (Å²) < 4.78 is 4.83. The summed E-state index contributed by atoms with van der Waals surface area (Å²) in [5, 5.41) is 0. The van der Waals surface area contributed by atoms with Gasteiger partial charge in [0.1, 0.15) is 0 Å². The summed E-state index contributed by atoms with van der Waals surface area (Å²) in [4.78, 5) is 11.5. The standard InChI is InChI=1S/C11H20O2/c1-8(2)9-6-4-5-7-10(9)11(12)13-3/h8-10H,4-7H2,1-3H3/t9-,10?/m1/s1. The van der Waals surface area contributed by atoms with Crippen molar-refractivity contribution in [2.24, 2.45) is 17.8 Å². The Kier molecular flexibility index (Phi) is 3.76. The van der Waals surface area contributed by atoms with Crippen molar-refractivity contribution in [2.45, 2.75) is 39.5 Å². The second-order valence-electron chi connectivity index (χ2n) is 4.32. The molecule has 76 valence electrons. The molecule has 1 rings (SSSR count). The summed E-state index contributed by atoms with van der Waals surface area (Å²) >= 11 is 0. The number of hydrogen-bond donors (Lipinski definition) is 0. The number of ether oxygens (including phenoxy) is 1. The maximum Gasteiger partial charge on any atom is 0.308 e. The average Bonchev–Trinajstić information content (AvgIpc) is 2.16. The van der Waals surface area contributed by atoms with Gasteiger partial charge in [-0.3, -0.25) is 4.79 Å². The summed E-state index contributed by atoms with van der Waals surface area (Å²) in [6.45, 7) is 4.40. The maximum absolute atomic E-state index is 11.5. The highest BCUT2D eigenvalue weighted by atomic mass is 16.5. The molecule has 0 amide bonds. The first kappa shape index (κ1) is 10.6. The van der Waals surface area contributed by atoms with Gasteiger partial charge in [-0.2, -0.15) is 0 Å². The smallest absolute Gasteiger partial charge is 0.308 e. The quantitative estimate of drug-likeness (QED) is 0.617. The molecule has 1 aliphatic rings. The van der Waals surface area contributed by atoms with E-state index in [1.807, 2.05) is 0 Å². The molecule has 2 nitrogen and oxygen atoms in total. The summed E-state index contributed by atoms with van der Waals surface area (Å²) in [6.07, 6.45) is 4.67. The van der Waals surface area contributed by atoms with Crippen molar-refractivity contribution in [3.05, 3.63) is 0 Å².